The van der Waals surface area contributed by atoms with Gasteiger partial charge in [0.15, 0.2) is 5.56 Å². The Kier molecular flexibility index (Phi) is 3.16. The number of rotatable bonds is 3. The van der Waals surface area contributed by atoms with Gasteiger partial charge in [-0.2, -0.15) is 0 Å². The van der Waals surface area contributed by atoms with Crippen LogP contribution in [0.4, 0.5) is 0 Å². The Morgan fingerprint density at radius 3 is 2.47 bits per heavy atom. The van der Waals surface area contributed by atoms with Crippen LogP contribution in [0, 0.1) is 13.8 Å². The highest BCUT2D eigenvalue weighted by molar-refractivity contribution is 5.95. The number of carboxylic acids is 1. The fourth-order valence-electron chi connectivity index (χ4n) is 2.05. The Bertz CT molecular complexity index is 697. The van der Waals surface area contributed by atoms with Crippen molar-refractivity contribution in [2.24, 2.45) is 0 Å². The first-order valence-electron chi connectivity index (χ1n) is 5.65. The molecule has 2 aromatic rings. The maximum atomic E-state index is 11.5. The van der Waals surface area contributed by atoms with E-state index < -0.39 is 11.5 Å². The van der Waals surface area contributed by atoms with Gasteiger partial charge in [-0.15, -0.1) is 0 Å². The van der Waals surface area contributed by atoms with Crippen LogP contribution in [0.2, 0.25) is 0 Å². The molecule has 0 amide bonds. The van der Waals surface area contributed by atoms with Gasteiger partial charge in [-0.05, 0) is 37.1 Å². The summed E-state index contributed by atoms with van der Waals surface area (Å²) < 4.78 is 5.20. The maximum absolute atomic E-state index is 11.5. The Balaban J connectivity index is 2.70. The summed E-state index contributed by atoms with van der Waals surface area (Å²) in [6.45, 7) is 3.73. The van der Waals surface area contributed by atoms with E-state index in [0.717, 1.165) is 16.9 Å². The van der Waals surface area contributed by atoms with Gasteiger partial charge in [-0.1, -0.05) is 0 Å². The van der Waals surface area contributed by atoms with Crippen molar-refractivity contribution in [2.75, 3.05) is 7.11 Å². The highest BCUT2D eigenvalue weighted by atomic mass is 16.5. The predicted molar refractivity (Wildman–Crippen MR) is 69.8 cm³/mol. The van der Waals surface area contributed by atoms with Gasteiger partial charge < -0.3 is 9.84 Å². The minimum Gasteiger partial charge on any atom is -0.496 e. The van der Waals surface area contributed by atoms with E-state index in [1.807, 2.05) is 13.8 Å². The first kappa shape index (κ1) is 12.9. The number of carbonyl (C=O) groups is 1. The van der Waals surface area contributed by atoms with E-state index in [1.54, 1.807) is 19.2 Å². The topological polar surface area (TPSA) is 95.2 Å². The third-order valence-electron chi connectivity index (χ3n) is 3.22. The Hall–Kier alpha value is -2.50. The van der Waals surface area contributed by atoms with Gasteiger partial charge in [0.25, 0.3) is 5.56 Å². The minimum absolute atomic E-state index is 0.278. The SMILES string of the molecule is COc1ccc(-c2[nH][nH]c(=O)c2C(=O)O)c(C)c1C. The molecule has 6 heteroatoms. The second-order valence-electron chi connectivity index (χ2n) is 4.20. The van der Waals surface area contributed by atoms with Crippen molar-refractivity contribution in [3.63, 3.8) is 0 Å². The lowest BCUT2D eigenvalue weighted by molar-refractivity contribution is 0.0696. The number of hydrogen-bond acceptors (Lipinski definition) is 3. The van der Waals surface area contributed by atoms with Gasteiger partial charge in [0.2, 0.25) is 0 Å². The third kappa shape index (κ3) is 2.01. The van der Waals surface area contributed by atoms with Crippen LogP contribution in [0.3, 0.4) is 0 Å². The molecule has 6 nitrogen and oxygen atoms in total. The molecule has 0 unspecified atom stereocenters. The Labute approximate surface area is 109 Å². The molecule has 19 heavy (non-hydrogen) atoms. The number of carboxylic acid groups (broad SMARTS) is 1. The van der Waals surface area contributed by atoms with E-state index >= 15 is 0 Å². The number of ether oxygens (including phenoxy) is 1. The fourth-order valence-corrected chi connectivity index (χ4v) is 2.05. The second-order valence-corrected chi connectivity index (χ2v) is 4.20. The molecule has 100 valence electrons. The molecule has 0 bridgehead atoms. The molecule has 0 spiro atoms. The van der Waals surface area contributed by atoms with Crippen LogP contribution < -0.4 is 10.3 Å². The lowest BCUT2D eigenvalue weighted by Gasteiger charge is -2.11. The number of aromatic nitrogens is 2. The molecule has 3 N–H and O–H groups in total. The standard InChI is InChI=1S/C13H14N2O4/c1-6-7(2)9(19-3)5-4-8(6)11-10(13(17)18)12(16)15-14-11/h4-5H,1-3H3,(H,17,18)(H2,14,15,16). The van der Waals surface area contributed by atoms with Gasteiger partial charge in [0.05, 0.1) is 12.8 Å². The van der Waals surface area contributed by atoms with Crippen LogP contribution in [0.5, 0.6) is 5.75 Å². The lowest BCUT2D eigenvalue weighted by atomic mass is 9.98. The van der Waals surface area contributed by atoms with E-state index in [0.29, 0.717) is 5.56 Å². The monoisotopic (exact) mass is 262 g/mol. The van der Waals surface area contributed by atoms with Crippen molar-refractivity contribution in [3.8, 4) is 17.0 Å². The smallest absolute Gasteiger partial charge is 0.343 e. The van der Waals surface area contributed by atoms with Crippen LogP contribution in [-0.4, -0.2) is 28.4 Å². The van der Waals surface area contributed by atoms with Crippen LogP contribution in [0.1, 0.15) is 21.5 Å². The summed E-state index contributed by atoms with van der Waals surface area (Å²) in [4.78, 5) is 22.6. The van der Waals surface area contributed by atoms with Crippen LogP contribution >= 0.6 is 0 Å². The quantitative estimate of drug-likeness (QED) is 0.784. The molecule has 0 fully saturated rings. The van der Waals surface area contributed by atoms with Gasteiger partial charge in [0.1, 0.15) is 5.75 Å². The summed E-state index contributed by atoms with van der Waals surface area (Å²) in [6, 6.07) is 3.47. The van der Waals surface area contributed by atoms with Crippen molar-refractivity contribution in [1.29, 1.82) is 0 Å². The van der Waals surface area contributed by atoms with E-state index in [2.05, 4.69) is 10.2 Å². The number of benzene rings is 1. The molecule has 0 aliphatic rings. The first-order valence-corrected chi connectivity index (χ1v) is 5.65. The van der Waals surface area contributed by atoms with Gasteiger partial charge in [-0.3, -0.25) is 15.0 Å². The Morgan fingerprint density at radius 1 is 1.21 bits per heavy atom. The zero-order valence-electron chi connectivity index (χ0n) is 10.8. The minimum atomic E-state index is -1.26. The van der Waals surface area contributed by atoms with Crippen molar-refractivity contribution >= 4 is 5.97 Å². The molecule has 0 saturated carbocycles. The maximum Gasteiger partial charge on any atom is 0.343 e. The van der Waals surface area contributed by atoms with Gasteiger partial charge >= 0.3 is 5.97 Å². The average molecular weight is 262 g/mol. The summed E-state index contributed by atoms with van der Waals surface area (Å²) in [7, 11) is 1.57. The van der Waals surface area contributed by atoms with E-state index in [9.17, 15) is 9.59 Å². The number of methoxy groups -OCH3 is 1. The molecule has 0 aliphatic heterocycles. The molecule has 1 aromatic heterocycles. The summed E-state index contributed by atoms with van der Waals surface area (Å²) in [5, 5.41) is 14.0. The normalized spacial score (nSPS) is 10.5. The second kappa shape index (κ2) is 4.64. The largest absolute Gasteiger partial charge is 0.496 e. The molecular weight excluding hydrogens is 248 g/mol. The van der Waals surface area contributed by atoms with E-state index in [4.69, 9.17) is 9.84 Å². The molecule has 0 aliphatic carbocycles. The fraction of sp³-hybridized carbons (Fsp3) is 0.231. The summed E-state index contributed by atoms with van der Waals surface area (Å²) in [6.07, 6.45) is 0. The van der Waals surface area contributed by atoms with Crippen LogP contribution in [0.15, 0.2) is 16.9 Å². The third-order valence-corrected chi connectivity index (χ3v) is 3.22. The molecular formula is C13H14N2O4. The highest BCUT2D eigenvalue weighted by Crippen LogP contribution is 2.30. The number of H-pyrrole nitrogens is 2. The summed E-state index contributed by atoms with van der Waals surface area (Å²) in [5.74, 6) is -0.540. The number of aromatic amines is 2. The van der Waals surface area contributed by atoms with Gasteiger partial charge in [-0.25, -0.2) is 4.79 Å². The number of aromatic carboxylic acids is 1. The zero-order chi connectivity index (χ0) is 14.2. The van der Waals surface area contributed by atoms with Crippen molar-refractivity contribution in [3.05, 3.63) is 39.2 Å². The zero-order valence-corrected chi connectivity index (χ0v) is 10.8. The van der Waals surface area contributed by atoms with Gasteiger partial charge in [0, 0.05) is 5.56 Å². The van der Waals surface area contributed by atoms with Crippen LogP contribution in [0.25, 0.3) is 11.3 Å². The molecule has 0 atom stereocenters. The summed E-state index contributed by atoms with van der Waals surface area (Å²) in [5.41, 5.74) is 1.77. The number of hydrogen-bond donors (Lipinski definition) is 3. The van der Waals surface area contributed by atoms with Crippen molar-refractivity contribution < 1.29 is 14.6 Å². The van der Waals surface area contributed by atoms with Crippen molar-refractivity contribution in [1.82, 2.24) is 10.2 Å². The average Bonchev–Trinajstić information content (AvgIpc) is 2.74. The van der Waals surface area contributed by atoms with E-state index in [1.165, 1.54) is 0 Å². The Morgan fingerprint density at radius 2 is 1.89 bits per heavy atom. The molecule has 0 radical (unpaired) electrons. The van der Waals surface area contributed by atoms with Crippen molar-refractivity contribution in [2.45, 2.75) is 13.8 Å². The predicted octanol–water partition coefficient (Wildman–Crippen LogP) is 1.69. The molecule has 0 saturated heterocycles. The molecule has 1 aromatic carbocycles. The highest BCUT2D eigenvalue weighted by Gasteiger charge is 2.20. The lowest BCUT2D eigenvalue weighted by Crippen LogP contribution is -2.12. The summed E-state index contributed by atoms with van der Waals surface area (Å²) >= 11 is 0. The van der Waals surface area contributed by atoms with E-state index in [-0.39, 0.29) is 11.3 Å². The number of nitrogens with one attached hydrogen (secondary N) is 2. The molecule has 2 rings (SSSR count). The van der Waals surface area contributed by atoms with Crippen LogP contribution in [-0.2, 0) is 0 Å². The molecule has 1 heterocycles. The first-order chi connectivity index (χ1) is 8.97.